The molecule has 9 rings (SSSR count). The first-order chi connectivity index (χ1) is 29.5. The molecule has 0 spiro atoms. The summed E-state index contributed by atoms with van der Waals surface area (Å²) < 4.78 is 26.7. The molecular formula is C50H45N5O5. The van der Waals surface area contributed by atoms with Crippen molar-refractivity contribution in [2.75, 3.05) is 26.1 Å². The van der Waals surface area contributed by atoms with Crippen LogP contribution in [0.3, 0.4) is 0 Å². The Morgan fingerprint density at radius 1 is 0.617 bits per heavy atom. The number of nitrogens with zero attached hydrogens (tertiary/aromatic N) is 4. The minimum atomic E-state index is -1.01. The third-order valence-electron chi connectivity index (χ3n) is 11.4. The lowest BCUT2D eigenvalue weighted by atomic mass is 9.77. The molecule has 8 aromatic rings. The van der Waals surface area contributed by atoms with Crippen molar-refractivity contribution < 1.29 is 24.1 Å². The Morgan fingerprint density at radius 3 is 1.60 bits per heavy atom. The molecule has 0 bridgehead atoms. The van der Waals surface area contributed by atoms with Gasteiger partial charge in [0.1, 0.15) is 41.3 Å². The van der Waals surface area contributed by atoms with Gasteiger partial charge in [-0.1, -0.05) is 146 Å². The minimum absolute atomic E-state index is 0.0977. The second-order valence-corrected chi connectivity index (χ2v) is 14.8. The molecule has 60 heavy (non-hydrogen) atoms. The van der Waals surface area contributed by atoms with Gasteiger partial charge in [0.25, 0.3) is 0 Å². The lowest BCUT2D eigenvalue weighted by Gasteiger charge is -2.37. The summed E-state index contributed by atoms with van der Waals surface area (Å²) in [6, 6.07) is 56.8. The zero-order valence-corrected chi connectivity index (χ0v) is 33.3. The van der Waals surface area contributed by atoms with Crippen molar-refractivity contribution in [3.63, 3.8) is 0 Å². The van der Waals surface area contributed by atoms with Crippen LogP contribution in [-0.2, 0) is 20.6 Å². The van der Waals surface area contributed by atoms with Gasteiger partial charge in [-0.05, 0) is 57.6 Å². The first-order valence-corrected chi connectivity index (χ1v) is 20.0. The van der Waals surface area contributed by atoms with Crippen LogP contribution in [-0.4, -0.2) is 57.7 Å². The molecule has 10 heteroatoms. The minimum Gasteiger partial charge on any atom is -0.497 e. The molecule has 3 heterocycles. The molecule has 1 aliphatic heterocycles. The van der Waals surface area contributed by atoms with Gasteiger partial charge < -0.3 is 29.4 Å². The average Bonchev–Trinajstić information content (AvgIpc) is 3.93. The number of imidazole rings is 1. The van der Waals surface area contributed by atoms with Crippen molar-refractivity contribution in [3.8, 4) is 11.5 Å². The number of methoxy groups -OCH3 is 2. The van der Waals surface area contributed by atoms with Crippen LogP contribution < -0.4 is 14.8 Å². The van der Waals surface area contributed by atoms with Gasteiger partial charge >= 0.3 is 0 Å². The zero-order valence-electron chi connectivity index (χ0n) is 33.3. The number of aromatic nitrogens is 4. The summed E-state index contributed by atoms with van der Waals surface area (Å²) in [5.74, 6) is 2.04. The summed E-state index contributed by atoms with van der Waals surface area (Å²) in [7, 11) is 3.32. The third kappa shape index (κ3) is 7.04. The molecular weight excluding hydrogens is 751 g/mol. The fourth-order valence-corrected chi connectivity index (χ4v) is 8.43. The number of nitrogens with one attached hydrogen (secondary N) is 1. The van der Waals surface area contributed by atoms with Crippen LogP contribution in [0.5, 0.6) is 11.5 Å². The van der Waals surface area contributed by atoms with E-state index < -0.39 is 29.6 Å². The van der Waals surface area contributed by atoms with E-state index in [1.54, 1.807) is 20.5 Å². The third-order valence-corrected chi connectivity index (χ3v) is 11.4. The zero-order chi connectivity index (χ0) is 40.9. The smallest absolute Gasteiger partial charge is 0.167 e. The van der Waals surface area contributed by atoms with Crippen LogP contribution in [0.1, 0.15) is 46.0 Å². The summed E-state index contributed by atoms with van der Waals surface area (Å²) in [4.78, 5) is 14.4. The number of fused-ring (bicyclic) bond motifs is 1. The molecule has 1 aliphatic rings. The average molecular weight is 796 g/mol. The number of ether oxygens (including phenoxy) is 4. The highest BCUT2D eigenvalue weighted by atomic mass is 16.6. The molecule has 10 nitrogen and oxygen atoms in total. The second-order valence-electron chi connectivity index (χ2n) is 14.8. The van der Waals surface area contributed by atoms with Gasteiger partial charge in [0, 0.05) is 6.42 Å². The number of hydrogen-bond acceptors (Lipinski definition) is 9. The number of benzene rings is 6. The van der Waals surface area contributed by atoms with E-state index in [0.717, 1.165) is 44.9 Å². The summed E-state index contributed by atoms with van der Waals surface area (Å²) in [6.07, 6.45) is 1.50. The van der Waals surface area contributed by atoms with Gasteiger partial charge in [0.2, 0.25) is 0 Å². The van der Waals surface area contributed by atoms with Crippen molar-refractivity contribution in [2.45, 2.75) is 36.0 Å². The molecule has 0 saturated carbocycles. The van der Waals surface area contributed by atoms with E-state index in [-0.39, 0.29) is 6.61 Å². The van der Waals surface area contributed by atoms with Crippen LogP contribution in [0, 0.1) is 0 Å². The van der Waals surface area contributed by atoms with E-state index in [4.69, 9.17) is 33.9 Å². The Hall–Kier alpha value is -6.85. The normalized spacial score (nSPS) is 16.8. The molecule has 3 atom stereocenters. The first-order valence-electron chi connectivity index (χ1n) is 20.0. The van der Waals surface area contributed by atoms with Crippen LogP contribution in [0.4, 0.5) is 5.82 Å². The van der Waals surface area contributed by atoms with E-state index in [1.807, 2.05) is 114 Å². The van der Waals surface area contributed by atoms with Crippen molar-refractivity contribution in [1.29, 1.82) is 0 Å². The summed E-state index contributed by atoms with van der Waals surface area (Å²) in [6.45, 7) is 0.0977. The van der Waals surface area contributed by atoms with Crippen LogP contribution in [0.25, 0.3) is 11.2 Å². The summed E-state index contributed by atoms with van der Waals surface area (Å²) in [5.41, 5.74) is 5.04. The Kier molecular flexibility index (Phi) is 10.8. The SMILES string of the molecule is COc1ccc(C(Nc2ncnc3c2ncn3[C@H]2C[C@H](O)[C@H](COC(c3ccccc3)(c3ccccc3)c3ccc(OC)cc3)O2)(c2ccccc2)c2ccccc2)cc1. The van der Waals surface area contributed by atoms with Gasteiger partial charge in [-0.2, -0.15) is 0 Å². The summed E-state index contributed by atoms with van der Waals surface area (Å²) >= 11 is 0. The summed E-state index contributed by atoms with van der Waals surface area (Å²) in [5, 5.41) is 15.5. The first kappa shape index (κ1) is 38.7. The van der Waals surface area contributed by atoms with Gasteiger partial charge in [0.15, 0.2) is 17.0 Å². The Morgan fingerprint density at radius 2 is 1.08 bits per heavy atom. The van der Waals surface area contributed by atoms with Crippen LogP contribution in [0.15, 0.2) is 183 Å². The van der Waals surface area contributed by atoms with Gasteiger partial charge in [-0.3, -0.25) is 4.57 Å². The molecule has 2 N–H and O–H groups in total. The largest absolute Gasteiger partial charge is 0.497 e. The van der Waals surface area contributed by atoms with Crippen molar-refractivity contribution in [1.82, 2.24) is 19.5 Å². The molecule has 0 aliphatic carbocycles. The molecule has 1 saturated heterocycles. The van der Waals surface area contributed by atoms with Crippen molar-refractivity contribution in [3.05, 3.63) is 216 Å². The molecule has 300 valence electrons. The number of rotatable bonds is 14. The van der Waals surface area contributed by atoms with Crippen LogP contribution in [0.2, 0.25) is 0 Å². The van der Waals surface area contributed by atoms with Crippen molar-refractivity contribution in [2.24, 2.45) is 0 Å². The Labute approximate surface area is 349 Å². The highest BCUT2D eigenvalue weighted by Crippen LogP contribution is 2.44. The highest BCUT2D eigenvalue weighted by molar-refractivity contribution is 5.84. The van der Waals surface area contributed by atoms with Gasteiger partial charge in [-0.15, -0.1) is 0 Å². The number of hydrogen-bond donors (Lipinski definition) is 2. The molecule has 0 unspecified atom stereocenters. The van der Waals surface area contributed by atoms with Gasteiger partial charge in [0.05, 0.1) is 33.3 Å². The molecule has 6 aromatic carbocycles. The predicted octanol–water partition coefficient (Wildman–Crippen LogP) is 8.90. The highest BCUT2D eigenvalue weighted by Gasteiger charge is 2.43. The van der Waals surface area contributed by atoms with E-state index in [0.29, 0.717) is 23.4 Å². The number of anilines is 1. The molecule has 0 amide bonds. The number of aliphatic hydroxyl groups is 1. The monoisotopic (exact) mass is 795 g/mol. The predicted molar refractivity (Wildman–Crippen MR) is 231 cm³/mol. The maximum Gasteiger partial charge on any atom is 0.167 e. The number of aliphatic hydroxyl groups excluding tert-OH is 1. The fourth-order valence-electron chi connectivity index (χ4n) is 8.43. The standard InChI is InChI=1S/C50H45N5O5/c1-57-41-27-23-37(24-28-41)49(35-15-7-3-8-16-35,36-17-9-4-10-18-36)54-47-46-48(52-33-51-47)55(34-53-46)45-31-43(56)44(60-45)32-59-50(38-19-11-5-12-20-38,39-21-13-6-14-22-39)40-25-29-42(58-2)30-26-40/h3-30,33-34,43-45,56H,31-32H2,1-2H3,(H,51,52,54)/t43-,44-,45+/m0/s1. The molecule has 0 radical (unpaired) electrons. The van der Waals surface area contributed by atoms with Crippen LogP contribution >= 0.6 is 0 Å². The molecule has 2 aromatic heterocycles. The van der Waals surface area contributed by atoms with E-state index >= 15 is 0 Å². The fraction of sp³-hybridized carbons (Fsp3) is 0.180. The van der Waals surface area contributed by atoms with Crippen molar-refractivity contribution >= 4 is 17.0 Å². The lowest BCUT2D eigenvalue weighted by molar-refractivity contribution is -0.0930. The Bertz CT molecular complexity index is 2550. The maximum atomic E-state index is 11.6. The quantitative estimate of drug-likeness (QED) is 0.104. The lowest BCUT2D eigenvalue weighted by Crippen LogP contribution is -2.38. The van der Waals surface area contributed by atoms with E-state index in [2.05, 4.69) is 66.0 Å². The topological polar surface area (TPSA) is 113 Å². The van der Waals surface area contributed by atoms with E-state index in [1.165, 1.54) is 6.33 Å². The molecule has 1 fully saturated rings. The Balaban J connectivity index is 1.05. The second kappa shape index (κ2) is 16.8. The van der Waals surface area contributed by atoms with E-state index in [9.17, 15) is 5.11 Å². The maximum absolute atomic E-state index is 11.6. The van der Waals surface area contributed by atoms with Gasteiger partial charge in [-0.25, -0.2) is 15.0 Å².